The first-order valence-corrected chi connectivity index (χ1v) is 10.6. The van der Waals surface area contributed by atoms with E-state index in [1.165, 1.54) is 0 Å². The van der Waals surface area contributed by atoms with Gasteiger partial charge in [0.15, 0.2) is 11.7 Å². The van der Waals surface area contributed by atoms with Crippen LogP contribution in [0.2, 0.25) is 5.02 Å². The number of hydrogen-bond acceptors (Lipinski definition) is 6. The summed E-state index contributed by atoms with van der Waals surface area (Å²) in [7, 11) is 1.68. The highest BCUT2D eigenvalue weighted by Crippen LogP contribution is 2.33. The lowest BCUT2D eigenvalue weighted by molar-refractivity contribution is 0.415. The van der Waals surface area contributed by atoms with Gasteiger partial charge in [0.05, 0.1) is 19.1 Å². The van der Waals surface area contributed by atoms with Gasteiger partial charge < -0.3 is 24.7 Å². The lowest BCUT2D eigenvalue weighted by Crippen LogP contribution is -2.44. The number of furan rings is 1. The fourth-order valence-electron chi connectivity index (χ4n) is 3.56. The topological polar surface area (TPSA) is 104 Å². The molecule has 2 aromatic heterocycles. The van der Waals surface area contributed by atoms with E-state index >= 15 is 0 Å². The number of ether oxygens (including phenoxy) is 1. The Labute approximate surface area is 209 Å². The molecule has 1 saturated heterocycles. The Balaban J connectivity index is 0.00000289. The van der Waals surface area contributed by atoms with E-state index in [1.54, 1.807) is 19.4 Å². The molecule has 1 aliphatic heterocycles. The summed E-state index contributed by atoms with van der Waals surface area (Å²) in [5.41, 5.74) is 1.01. The average molecular weight is 572 g/mol. The number of nitrogens with one attached hydrogen (secondary N) is 3. The van der Waals surface area contributed by atoms with E-state index in [4.69, 9.17) is 20.8 Å². The molecule has 3 N–H and O–H groups in total. The molecule has 172 valence electrons. The number of rotatable bonds is 7. The van der Waals surface area contributed by atoms with Crippen LogP contribution in [-0.4, -0.2) is 53.9 Å². The zero-order chi connectivity index (χ0) is 21.6. The molecule has 3 heterocycles. The van der Waals surface area contributed by atoms with Crippen molar-refractivity contribution in [3.63, 3.8) is 0 Å². The first kappa shape index (κ1) is 24.2. The van der Waals surface area contributed by atoms with E-state index in [-0.39, 0.29) is 30.0 Å². The van der Waals surface area contributed by atoms with Crippen LogP contribution >= 0.6 is 35.6 Å². The Kier molecular flexibility index (Phi) is 8.62. The maximum Gasteiger partial charge on any atom is 0.216 e. The van der Waals surface area contributed by atoms with Crippen molar-refractivity contribution in [2.45, 2.75) is 25.9 Å². The molecule has 1 aliphatic rings. The molecule has 0 aliphatic carbocycles. The summed E-state index contributed by atoms with van der Waals surface area (Å²) in [5.74, 6) is 3.38. The van der Waals surface area contributed by atoms with Gasteiger partial charge in [-0.25, -0.2) is 9.98 Å². The van der Waals surface area contributed by atoms with E-state index in [0.717, 1.165) is 43.5 Å². The number of aromatic amines is 1. The van der Waals surface area contributed by atoms with E-state index in [9.17, 15) is 0 Å². The minimum Gasteiger partial charge on any atom is -0.495 e. The van der Waals surface area contributed by atoms with Gasteiger partial charge in [0.2, 0.25) is 5.82 Å². The van der Waals surface area contributed by atoms with Crippen LogP contribution in [0.5, 0.6) is 5.75 Å². The zero-order valence-corrected chi connectivity index (χ0v) is 21.1. The van der Waals surface area contributed by atoms with Crippen molar-refractivity contribution in [2.24, 2.45) is 4.99 Å². The summed E-state index contributed by atoms with van der Waals surface area (Å²) >= 11 is 6.20. The molecule has 1 fully saturated rings. The summed E-state index contributed by atoms with van der Waals surface area (Å²) in [6.07, 6.45) is 2.58. The summed E-state index contributed by atoms with van der Waals surface area (Å²) in [6, 6.07) is 9.56. The minimum absolute atomic E-state index is 0. The van der Waals surface area contributed by atoms with Crippen LogP contribution in [0.1, 0.15) is 19.2 Å². The molecule has 4 rings (SSSR count). The zero-order valence-electron chi connectivity index (χ0n) is 18.0. The number of benzene rings is 1. The van der Waals surface area contributed by atoms with E-state index in [0.29, 0.717) is 29.0 Å². The van der Waals surface area contributed by atoms with Crippen LogP contribution in [0, 0.1) is 0 Å². The van der Waals surface area contributed by atoms with Gasteiger partial charge in [-0.1, -0.05) is 11.6 Å². The molecular formula is C21H27ClIN7O2. The lowest BCUT2D eigenvalue weighted by atomic mass is 10.2. The summed E-state index contributed by atoms with van der Waals surface area (Å²) in [5, 5.41) is 14.6. The predicted octanol–water partition coefficient (Wildman–Crippen LogP) is 3.68. The number of aliphatic imine (C=N–C) groups is 1. The molecule has 3 aromatic rings. The van der Waals surface area contributed by atoms with Gasteiger partial charge >= 0.3 is 0 Å². The van der Waals surface area contributed by atoms with Crippen LogP contribution in [0.4, 0.5) is 5.69 Å². The SMILES string of the molecule is CCNC(=NCc1nc(-c2ccco2)n[nH]1)NC1CCN(c2cc(Cl)ccc2OC)C1.I. The molecule has 1 atom stereocenters. The first-order valence-electron chi connectivity index (χ1n) is 10.2. The number of methoxy groups -OCH3 is 1. The number of H-pyrrole nitrogens is 1. The Morgan fingerprint density at radius 3 is 3.03 bits per heavy atom. The van der Waals surface area contributed by atoms with E-state index < -0.39 is 0 Å². The predicted molar refractivity (Wildman–Crippen MR) is 136 cm³/mol. The third-order valence-electron chi connectivity index (χ3n) is 5.02. The number of guanidine groups is 1. The van der Waals surface area contributed by atoms with Gasteiger partial charge in [0.1, 0.15) is 18.1 Å². The largest absolute Gasteiger partial charge is 0.495 e. The van der Waals surface area contributed by atoms with Crippen molar-refractivity contribution in [1.29, 1.82) is 0 Å². The Morgan fingerprint density at radius 1 is 1.41 bits per heavy atom. The Bertz CT molecular complexity index is 1030. The molecule has 0 radical (unpaired) electrons. The molecule has 9 nitrogen and oxygen atoms in total. The summed E-state index contributed by atoms with van der Waals surface area (Å²) < 4.78 is 10.8. The number of aromatic nitrogens is 3. The minimum atomic E-state index is 0. The number of nitrogens with zero attached hydrogens (tertiary/aromatic N) is 4. The highest BCUT2D eigenvalue weighted by Gasteiger charge is 2.25. The molecular weight excluding hydrogens is 545 g/mol. The maximum atomic E-state index is 6.20. The quantitative estimate of drug-likeness (QED) is 0.226. The first-order chi connectivity index (χ1) is 15.2. The summed E-state index contributed by atoms with van der Waals surface area (Å²) in [6.45, 7) is 4.91. The van der Waals surface area contributed by atoms with Crippen molar-refractivity contribution >= 4 is 47.2 Å². The highest BCUT2D eigenvalue weighted by atomic mass is 127. The van der Waals surface area contributed by atoms with Crippen LogP contribution < -0.4 is 20.3 Å². The highest BCUT2D eigenvalue weighted by molar-refractivity contribution is 14.0. The van der Waals surface area contributed by atoms with Crippen molar-refractivity contribution in [1.82, 2.24) is 25.8 Å². The van der Waals surface area contributed by atoms with Crippen molar-refractivity contribution < 1.29 is 9.15 Å². The monoisotopic (exact) mass is 571 g/mol. The van der Waals surface area contributed by atoms with Crippen molar-refractivity contribution in [3.8, 4) is 17.3 Å². The van der Waals surface area contributed by atoms with Crippen LogP contribution in [0.3, 0.4) is 0 Å². The second-order valence-corrected chi connectivity index (χ2v) is 7.61. The normalized spacial score (nSPS) is 16.0. The molecule has 32 heavy (non-hydrogen) atoms. The Hall–Kier alpha value is -2.47. The second-order valence-electron chi connectivity index (χ2n) is 7.17. The van der Waals surface area contributed by atoms with Crippen LogP contribution in [0.15, 0.2) is 46.0 Å². The fourth-order valence-corrected chi connectivity index (χ4v) is 3.72. The lowest BCUT2D eigenvalue weighted by Gasteiger charge is -2.22. The van der Waals surface area contributed by atoms with Gasteiger partial charge in [-0.15, -0.1) is 29.1 Å². The smallest absolute Gasteiger partial charge is 0.216 e. The van der Waals surface area contributed by atoms with Gasteiger partial charge in [-0.05, 0) is 43.7 Å². The Morgan fingerprint density at radius 2 is 2.28 bits per heavy atom. The van der Waals surface area contributed by atoms with Gasteiger partial charge in [0.25, 0.3) is 0 Å². The average Bonchev–Trinajstić information content (AvgIpc) is 3.53. The number of anilines is 1. The van der Waals surface area contributed by atoms with E-state index in [2.05, 4.69) is 35.7 Å². The number of halogens is 2. The molecule has 11 heteroatoms. The van der Waals surface area contributed by atoms with Crippen LogP contribution in [-0.2, 0) is 6.54 Å². The molecule has 0 saturated carbocycles. The third-order valence-corrected chi connectivity index (χ3v) is 5.25. The molecule has 1 unspecified atom stereocenters. The number of hydrogen-bond donors (Lipinski definition) is 3. The van der Waals surface area contributed by atoms with Gasteiger partial charge in [0, 0.05) is 30.7 Å². The summed E-state index contributed by atoms with van der Waals surface area (Å²) in [4.78, 5) is 11.4. The third kappa shape index (κ3) is 5.85. The maximum absolute atomic E-state index is 6.20. The van der Waals surface area contributed by atoms with Crippen molar-refractivity contribution in [2.75, 3.05) is 31.6 Å². The van der Waals surface area contributed by atoms with E-state index in [1.807, 2.05) is 31.2 Å². The molecule has 0 spiro atoms. The molecule has 0 amide bonds. The van der Waals surface area contributed by atoms with Gasteiger partial charge in [-0.2, -0.15) is 0 Å². The standard InChI is InChI=1S/C21H26ClN7O2.HI/c1-3-23-21(24-12-19-26-20(28-27-19)18-5-4-10-31-18)25-15-8-9-29(13-15)16-11-14(22)6-7-17(16)30-2;/h4-7,10-11,15H,3,8-9,12-13H2,1-2H3,(H2,23,24,25)(H,26,27,28);1H. The van der Waals surface area contributed by atoms with Crippen LogP contribution in [0.25, 0.3) is 11.6 Å². The van der Waals surface area contributed by atoms with Crippen molar-refractivity contribution in [3.05, 3.63) is 47.4 Å². The fraction of sp³-hybridized carbons (Fsp3) is 0.381. The molecule has 1 aromatic carbocycles. The molecule has 0 bridgehead atoms. The van der Waals surface area contributed by atoms with Gasteiger partial charge in [-0.3, -0.25) is 5.10 Å². The second kappa shape index (κ2) is 11.4.